The van der Waals surface area contributed by atoms with E-state index in [-0.39, 0.29) is 5.91 Å². The van der Waals surface area contributed by atoms with E-state index < -0.39 is 11.5 Å². The molecule has 0 aromatic carbocycles. The van der Waals surface area contributed by atoms with Gasteiger partial charge < -0.3 is 19.2 Å². The fraction of sp³-hybridized carbons (Fsp3) is 0.615. The summed E-state index contributed by atoms with van der Waals surface area (Å²) in [5.74, 6) is 0.344. The maximum absolute atomic E-state index is 12.4. The molecule has 0 spiro atoms. The number of hydrogen-bond donors (Lipinski definition) is 1. The zero-order chi connectivity index (χ0) is 13.2. The summed E-state index contributed by atoms with van der Waals surface area (Å²) in [5.41, 5.74) is -0.908. The highest BCUT2D eigenvalue weighted by atomic mass is 16.5. The number of ether oxygens (including phenoxy) is 1. The highest BCUT2D eigenvalue weighted by molar-refractivity contribution is 5.82. The van der Waals surface area contributed by atoms with Crippen LogP contribution in [0.4, 0.5) is 0 Å². The molecule has 1 amide bonds. The zero-order valence-corrected chi connectivity index (χ0v) is 10.8. The van der Waals surface area contributed by atoms with Crippen molar-refractivity contribution < 1.29 is 19.1 Å². The van der Waals surface area contributed by atoms with Gasteiger partial charge in [-0.05, 0) is 26.0 Å². The Morgan fingerprint density at radius 3 is 2.67 bits per heavy atom. The molecule has 1 fully saturated rings. The van der Waals surface area contributed by atoms with Crippen molar-refractivity contribution in [2.45, 2.75) is 20.0 Å². The van der Waals surface area contributed by atoms with Crippen LogP contribution in [0.1, 0.15) is 25.7 Å². The lowest BCUT2D eigenvalue weighted by molar-refractivity contribution is -0.151. The Kier molecular flexibility index (Phi) is 3.73. The van der Waals surface area contributed by atoms with E-state index in [1.165, 1.54) is 6.26 Å². The topological polar surface area (TPSA) is 62.9 Å². The van der Waals surface area contributed by atoms with Gasteiger partial charge in [0, 0.05) is 13.1 Å². The monoisotopic (exact) mass is 253 g/mol. The number of morpholine rings is 1. The van der Waals surface area contributed by atoms with Gasteiger partial charge in [-0.1, -0.05) is 0 Å². The SMILES string of the molecule is CC(C)(C(=O)N1CCOCC1)C(O)c1ccco1. The van der Waals surface area contributed by atoms with Crippen LogP contribution in [0.5, 0.6) is 0 Å². The van der Waals surface area contributed by atoms with Crippen LogP contribution in [0.3, 0.4) is 0 Å². The summed E-state index contributed by atoms with van der Waals surface area (Å²) >= 11 is 0. The number of carbonyl (C=O) groups is 1. The standard InChI is InChI=1S/C13H19NO4/c1-13(2,11(15)10-4-3-7-18-10)12(16)14-5-8-17-9-6-14/h3-4,7,11,15H,5-6,8-9H2,1-2H3. The van der Waals surface area contributed by atoms with Crippen LogP contribution in [0.25, 0.3) is 0 Å². The second-order valence-corrected chi connectivity index (χ2v) is 5.04. The molecule has 1 aromatic heterocycles. The normalized spacial score (nSPS) is 18.7. The van der Waals surface area contributed by atoms with E-state index in [1.807, 2.05) is 0 Å². The van der Waals surface area contributed by atoms with Gasteiger partial charge in [-0.25, -0.2) is 0 Å². The second-order valence-electron chi connectivity index (χ2n) is 5.04. The van der Waals surface area contributed by atoms with Gasteiger partial charge >= 0.3 is 0 Å². The van der Waals surface area contributed by atoms with Gasteiger partial charge in [0.1, 0.15) is 11.9 Å². The molecular weight excluding hydrogens is 234 g/mol. The fourth-order valence-corrected chi connectivity index (χ4v) is 2.09. The average Bonchev–Trinajstić information content (AvgIpc) is 2.91. The third kappa shape index (κ3) is 2.42. The second kappa shape index (κ2) is 5.12. The van der Waals surface area contributed by atoms with Crippen LogP contribution < -0.4 is 0 Å². The number of aliphatic hydroxyl groups is 1. The van der Waals surface area contributed by atoms with E-state index in [0.29, 0.717) is 32.1 Å². The van der Waals surface area contributed by atoms with Crippen molar-refractivity contribution in [1.29, 1.82) is 0 Å². The number of hydrogen-bond acceptors (Lipinski definition) is 4. The van der Waals surface area contributed by atoms with Crippen LogP contribution in [-0.2, 0) is 9.53 Å². The number of nitrogens with zero attached hydrogens (tertiary/aromatic N) is 1. The molecule has 5 heteroatoms. The van der Waals surface area contributed by atoms with Crippen LogP contribution in [0.15, 0.2) is 22.8 Å². The van der Waals surface area contributed by atoms with E-state index in [0.717, 1.165) is 0 Å². The van der Waals surface area contributed by atoms with Gasteiger partial charge in [-0.3, -0.25) is 4.79 Å². The van der Waals surface area contributed by atoms with Gasteiger partial charge in [-0.15, -0.1) is 0 Å². The van der Waals surface area contributed by atoms with Crippen molar-refractivity contribution in [3.63, 3.8) is 0 Å². The summed E-state index contributed by atoms with van der Waals surface area (Å²) in [5, 5.41) is 10.3. The van der Waals surface area contributed by atoms with Gasteiger partial charge in [0.25, 0.3) is 0 Å². The number of rotatable bonds is 3. The van der Waals surface area contributed by atoms with Gasteiger partial charge in [0.05, 0.1) is 24.9 Å². The van der Waals surface area contributed by atoms with Crippen molar-refractivity contribution >= 4 is 5.91 Å². The lowest BCUT2D eigenvalue weighted by atomic mass is 9.83. The molecule has 0 saturated carbocycles. The number of carbonyl (C=O) groups excluding carboxylic acids is 1. The van der Waals surface area contributed by atoms with Crippen molar-refractivity contribution in [2.24, 2.45) is 5.41 Å². The first-order valence-electron chi connectivity index (χ1n) is 6.12. The molecule has 1 saturated heterocycles. The van der Waals surface area contributed by atoms with E-state index in [2.05, 4.69) is 0 Å². The summed E-state index contributed by atoms with van der Waals surface area (Å²) < 4.78 is 10.4. The Hall–Kier alpha value is -1.33. The van der Waals surface area contributed by atoms with E-state index in [1.54, 1.807) is 30.9 Å². The number of aliphatic hydroxyl groups excluding tert-OH is 1. The largest absolute Gasteiger partial charge is 0.467 e. The highest BCUT2D eigenvalue weighted by Crippen LogP contribution is 2.35. The first-order valence-corrected chi connectivity index (χ1v) is 6.12. The van der Waals surface area contributed by atoms with Crippen LogP contribution in [0.2, 0.25) is 0 Å². The van der Waals surface area contributed by atoms with Crippen molar-refractivity contribution in [1.82, 2.24) is 4.90 Å². The van der Waals surface area contributed by atoms with Crippen LogP contribution in [0, 0.1) is 5.41 Å². The molecule has 2 heterocycles. The molecule has 1 atom stereocenters. The molecule has 0 aliphatic carbocycles. The smallest absolute Gasteiger partial charge is 0.231 e. The molecule has 1 unspecified atom stereocenters. The molecule has 1 aliphatic heterocycles. The predicted molar refractivity (Wildman–Crippen MR) is 64.8 cm³/mol. The third-order valence-electron chi connectivity index (χ3n) is 3.35. The predicted octanol–water partition coefficient (Wildman–Crippen LogP) is 1.20. The minimum absolute atomic E-state index is 0.0744. The Morgan fingerprint density at radius 1 is 1.44 bits per heavy atom. The molecule has 1 aromatic rings. The van der Waals surface area contributed by atoms with Crippen molar-refractivity contribution in [3.05, 3.63) is 24.2 Å². The minimum atomic E-state index is -0.942. The molecule has 1 N–H and O–H groups in total. The molecule has 2 rings (SSSR count). The number of furan rings is 1. The molecule has 18 heavy (non-hydrogen) atoms. The van der Waals surface area contributed by atoms with Gasteiger partial charge in [0.2, 0.25) is 5.91 Å². The number of amides is 1. The molecule has 1 aliphatic rings. The Bertz CT molecular complexity index is 393. The van der Waals surface area contributed by atoms with Crippen LogP contribution >= 0.6 is 0 Å². The maximum atomic E-state index is 12.4. The van der Waals surface area contributed by atoms with Gasteiger partial charge in [-0.2, -0.15) is 0 Å². The summed E-state index contributed by atoms with van der Waals surface area (Å²) in [6.07, 6.45) is 0.552. The molecule has 0 radical (unpaired) electrons. The minimum Gasteiger partial charge on any atom is -0.467 e. The van der Waals surface area contributed by atoms with Crippen molar-refractivity contribution in [2.75, 3.05) is 26.3 Å². The summed E-state index contributed by atoms with van der Waals surface area (Å²) in [4.78, 5) is 14.2. The van der Waals surface area contributed by atoms with Crippen molar-refractivity contribution in [3.8, 4) is 0 Å². The highest BCUT2D eigenvalue weighted by Gasteiger charge is 2.41. The Labute approximate surface area is 106 Å². The molecule has 5 nitrogen and oxygen atoms in total. The molecule has 0 bridgehead atoms. The third-order valence-corrected chi connectivity index (χ3v) is 3.35. The Balaban J connectivity index is 2.11. The maximum Gasteiger partial charge on any atom is 0.231 e. The molecule has 100 valence electrons. The average molecular weight is 253 g/mol. The lowest BCUT2D eigenvalue weighted by Crippen LogP contribution is -2.48. The van der Waals surface area contributed by atoms with E-state index >= 15 is 0 Å². The zero-order valence-electron chi connectivity index (χ0n) is 10.8. The summed E-state index contributed by atoms with van der Waals surface area (Å²) in [6, 6.07) is 3.38. The summed E-state index contributed by atoms with van der Waals surface area (Å²) in [7, 11) is 0. The van der Waals surface area contributed by atoms with E-state index in [4.69, 9.17) is 9.15 Å². The lowest BCUT2D eigenvalue weighted by Gasteiger charge is -2.36. The first kappa shape index (κ1) is 13.1. The molecular formula is C13H19NO4. The van der Waals surface area contributed by atoms with Crippen LogP contribution in [-0.4, -0.2) is 42.2 Å². The fourth-order valence-electron chi connectivity index (χ4n) is 2.09. The quantitative estimate of drug-likeness (QED) is 0.879. The Morgan fingerprint density at radius 2 is 2.11 bits per heavy atom. The van der Waals surface area contributed by atoms with E-state index in [9.17, 15) is 9.90 Å². The first-order chi connectivity index (χ1) is 8.53. The summed E-state index contributed by atoms with van der Waals surface area (Å²) in [6.45, 7) is 5.73. The van der Waals surface area contributed by atoms with Gasteiger partial charge in [0.15, 0.2) is 0 Å².